The number of furan rings is 1. The quantitative estimate of drug-likeness (QED) is 0.509. The Morgan fingerprint density at radius 3 is 2.88 bits per heavy atom. The van der Waals surface area contributed by atoms with E-state index in [1.54, 1.807) is 18.2 Å². The van der Waals surface area contributed by atoms with E-state index in [-0.39, 0.29) is 16.6 Å². The molecule has 0 unspecified atom stereocenters. The van der Waals surface area contributed by atoms with Crippen molar-refractivity contribution in [1.29, 1.82) is 0 Å². The van der Waals surface area contributed by atoms with Gasteiger partial charge in [0, 0.05) is 11.6 Å². The van der Waals surface area contributed by atoms with Gasteiger partial charge < -0.3 is 9.73 Å². The zero-order valence-electron chi connectivity index (χ0n) is 11.9. The van der Waals surface area contributed by atoms with Crippen LogP contribution in [0.15, 0.2) is 45.0 Å². The Bertz CT molecular complexity index is 877. The number of carbonyl (C=O) groups is 1. The monoisotopic (exact) mass is 364 g/mol. The lowest BCUT2D eigenvalue weighted by Gasteiger charge is -1.99. The van der Waals surface area contributed by atoms with Crippen molar-refractivity contribution in [2.75, 3.05) is 5.75 Å². The van der Waals surface area contributed by atoms with Crippen LogP contribution in [0.1, 0.15) is 5.76 Å². The molecule has 1 aliphatic rings. The summed E-state index contributed by atoms with van der Waals surface area (Å²) in [6.07, 6.45) is 1.40. The zero-order chi connectivity index (χ0) is 17.1. The van der Waals surface area contributed by atoms with E-state index in [0.29, 0.717) is 28.0 Å². The molecule has 8 nitrogen and oxygen atoms in total. The van der Waals surface area contributed by atoms with Crippen LogP contribution in [0.4, 0.5) is 5.69 Å². The summed E-state index contributed by atoms with van der Waals surface area (Å²) in [5, 5.41) is 21.5. The predicted octanol–water partition coefficient (Wildman–Crippen LogP) is 3.06. The van der Waals surface area contributed by atoms with Crippen molar-refractivity contribution in [1.82, 2.24) is 5.32 Å². The van der Waals surface area contributed by atoms with Crippen LogP contribution < -0.4 is 5.32 Å². The van der Waals surface area contributed by atoms with Crippen molar-refractivity contribution in [3.05, 3.63) is 51.2 Å². The number of hydrogen-bond acceptors (Lipinski definition) is 7. The number of nitro benzene ring substituents is 1. The summed E-state index contributed by atoms with van der Waals surface area (Å²) in [6.45, 7) is 0. The van der Waals surface area contributed by atoms with Crippen LogP contribution >= 0.6 is 23.4 Å². The van der Waals surface area contributed by atoms with Crippen molar-refractivity contribution < 1.29 is 14.1 Å². The molecule has 0 atom stereocenters. The highest BCUT2D eigenvalue weighted by molar-refractivity contribution is 8.15. The molecule has 3 rings (SSSR count). The molecule has 2 aromatic rings. The molecule has 1 aromatic heterocycles. The second kappa shape index (κ2) is 6.85. The minimum absolute atomic E-state index is 0.0320. The molecule has 0 bridgehead atoms. The number of amides is 1. The van der Waals surface area contributed by atoms with Gasteiger partial charge in [0.2, 0.25) is 5.91 Å². The minimum atomic E-state index is -0.550. The average Bonchev–Trinajstić information content (AvgIpc) is 3.16. The Hall–Kier alpha value is -2.65. The van der Waals surface area contributed by atoms with Gasteiger partial charge in [0.25, 0.3) is 5.69 Å². The number of thioether (sulfide) groups is 1. The lowest BCUT2D eigenvalue weighted by atomic mass is 10.1. The van der Waals surface area contributed by atoms with Crippen LogP contribution in [0.2, 0.25) is 5.02 Å². The van der Waals surface area contributed by atoms with Crippen molar-refractivity contribution in [2.24, 2.45) is 10.2 Å². The lowest BCUT2D eigenvalue weighted by molar-refractivity contribution is -0.384. The SMILES string of the molecule is O=C1CS/C(=N\N=C\c2ccc(-c3ccc([N+](=O)[O-])c(Cl)c3)o2)N1. The van der Waals surface area contributed by atoms with Crippen molar-refractivity contribution >= 4 is 46.3 Å². The van der Waals surface area contributed by atoms with E-state index >= 15 is 0 Å². The smallest absolute Gasteiger partial charge is 0.287 e. The summed E-state index contributed by atoms with van der Waals surface area (Å²) in [7, 11) is 0. The molecular weight excluding hydrogens is 356 g/mol. The molecule has 1 saturated heterocycles. The number of carbonyl (C=O) groups excluding carboxylic acids is 1. The van der Waals surface area contributed by atoms with E-state index < -0.39 is 4.92 Å². The standard InChI is InChI=1S/C14H9ClN4O4S/c15-10-5-8(1-3-11(10)19(21)22)12-4-2-9(23-12)6-16-18-14-17-13(20)7-24-14/h1-6H,7H2,(H,17,18,20)/b16-6+. The van der Waals surface area contributed by atoms with Crippen LogP contribution in [0, 0.1) is 10.1 Å². The summed E-state index contributed by atoms with van der Waals surface area (Å²) in [5.41, 5.74) is 0.441. The Morgan fingerprint density at radius 1 is 1.38 bits per heavy atom. The van der Waals surface area contributed by atoms with Gasteiger partial charge in [-0.1, -0.05) is 23.4 Å². The van der Waals surface area contributed by atoms with Crippen molar-refractivity contribution in [3.63, 3.8) is 0 Å². The highest BCUT2D eigenvalue weighted by Crippen LogP contribution is 2.30. The van der Waals surface area contributed by atoms with Crippen LogP contribution in [0.25, 0.3) is 11.3 Å². The first-order valence-corrected chi connectivity index (χ1v) is 7.97. The second-order valence-corrected chi connectivity index (χ2v) is 5.98. The Balaban J connectivity index is 1.75. The molecule has 122 valence electrons. The summed E-state index contributed by atoms with van der Waals surface area (Å²) in [5.74, 6) is 1.16. The minimum Gasteiger partial charge on any atom is -0.455 e. The highest BCUT2D eigenvalue weighted by atomic mass is 35.5. The van der Waals surface area contributed by atoms with Gasteiger partial charge in [0.05, 0.1) is 16.9 Å². The van der Waals surface area contributed by atoms with Crippen molar-refractivity contribution in [2.45, 2.75) is 0 Å². The van der Waals surface area contributed by atoms with Gasteiger partial charge in [0.15, 0.2) is 5.17 Å². The number of hydrogen-bond donors (Lipinski definition) is 1. The lowest BCUT2D eigenvalue weighted by Crippen LogP contribution is -2.19. The first kappa shape index (κ1) is 16.2. The molecule has 2 heterocycles. The highest BCUT2D eigenvalue weighted by Gasteiger charge is 2.16. The molecule has 0 aliphatic carbocycles. The van der Waals surface area contributed by atoms with Crippen LogP contribution in [0.5, 0.6) is 0 Å². The fraction of sp³-hybridized carbons (Fsp3) is 0.0714. The largest absolute Gasteiger partial charge is 0.455 e. The molecule has 1 fully saturated rings. The van der Waals surface area contributed by atoms with Gasteiger partial charge >= 0.3 is 0 Å². The normalized spacial score (nSPS) is 16.0. The number of nitrogens with one attached hydrogen (secondary N) is 1. The second-order valence-electron chi connectivity index (χ2n) is 4.61. The van der Waals surface area contributed by atoms with E-state index in [1.807, 2.05) is 0 Å². The van der Waals surface area contributed by atoms with E-state index in [1.165, 1.54) is 30.1 Å². The zero-order valence-corrected chi connectivity index (χ0v) is 13.5. The Kier molecular flexibility index (Phi) is 4.63. The molecule has 1 aliphatic heterocycles. The van der Waals surface area contributed by atoms with Crippen molar-refractivity contribution in [3.8, 4) is 11.3 Å². The number of halogens is 1. The van der Waals surface area contributed by atoms with Gasteiger partial charge in [-0.3, -0.25) is 14.9 Å². The van der Waals surface area contributed by atoms with E-state index in [2.05, 4.69) is 15.5 Å². The van der Waals surface area contributed by atoms with Gasteiger partial charge in [-0.15, -0.1) is 5.10 Å². The molecule has 0 radical (unpaired) electrons. The molecule has 0 saturated carbocycles. The summed E-state index contributed by atoms with van der Waals surface area (Å²) in [4.78, 5) is 21.2. The maximum atomic E-state index is 11.0. The average molecular weight is 365 g/mol. The van der Waals surface area contributed by atoms with Gasteiger partial charge in [-0.25, -0.2) is 0 Å². The molecule has 10 heteroatoms. The maximum absolute atomic E-state index is 11.0. The van der Waals surface area contributed by atoms with Crippen LogP contribution in [-0.2, 0) is 4.79 Å². The van der Waals surface area contributed by atoms with Crippen LogP contribution in [-0.4, -0.2) is 28.0 Å². The molecular formula is C14H9ClN4O4S. The number of amidine groups is 1. The summed E-state index contributed by atoms with van der Waals surface area (Å²) >= 11 is 7.15. The summed E-state index contributed by atoms with van der Waals surface area (Å²) < 4.78 is 5.57. The third kappa shape index (κ3) is 3.63. The Morgan fingerprint density at radius 2 is 2.21 bits per heavy atom. The maximum Gasteiger partial charge on any atom is 0.287 e. The third-order valence-corrected chi connectivity index (χ3v) is 4.14. The first-order chi connectivity index (χ1) is 11.5. The van der Waals surface area contributed by atoms with E-state index in [0.717, 1.165) is 0 Å². The fourth-order valence-electron chi connectivity index (χ4n) is 1.90. The fourth-order valence-corrected chi connectivity index (χ4v) is 2.78. The predicted molar refractivity (Wildman–Crippen MR) is 91.4 cm³/mol. The molecule has 0 spiro atoms. The van der Waals surface area contributed by atoms with Gasteiger partial charge in [0.1, 0.15) is 16.5 Å². The van der Waals surface area contributed by atoms with E-state index in [4.69, 9.17) is 16.0 Å². The first-order valence-electron chi connectivity index (χ1n) is 6.61. The third-order valence-electron chi connectivity index (χ3n) is 2.98. The number of rotatable bonds is 4. The molecule has 1 aromatic carbocycles. The molecule has 1 N–H and O–H groups in total. The number of benzene rings is 1. The number of nitro groups is 1. The van der Waals surface area contributed by atoms with Crippen LogP contribution in [0.3, 0.4) is 0 Å². The topological polar surface area (TPSA) is 110 Å². The summed E-state index contributed by atoms with van der Waals surface area (Å²) in [6, 6.07) is 7.70. The van der Waals surface area contributed by atoms with E-state index in [9.17, 15) is 14.9 Å². The Labute approximate surface area is 144 Å². The number of nitrogens with zero attached hydrogens (tertiary/aromatic N) is 3. The van der Waals surface area contributed by atoms with Gasteiger partial charge in [-0.05, 0) is 24.3 Å². The van der Waals surface area contributed by atoms with Gasteiger partial charge in [-0.2, -0.15) is 5.10 Å². The molecule has 24 heavy (non-hydrogen) atoms. The molecule has 1 amide bonds.